The predicted molar refractivity (Wildman–Crippen MR) is 85.2 cm³/mol. The van der Waals surface area contributed by atoms with Crippen molar-refractivity contribution in [2.75, 3.05) is 0 Å². The molecule has 0 aromatic carbocycles. The molecule has 1 aliphatic heterocycles. The van der Waals surface area contributed by atoms with Crippen LogP contribution in [-0.4, -0.2) is 38.6 Å². The van der Waals surface area contributed by atoms with Crippen molar-refractivity contribution in [3.8, 4) is 0 Å². The maximum atomic E-state index is 12.9. The van der Waals surface area contributed by atoms with Crippen molar-refractivity contribution < 1.29 is 9.21 Å². The van der Waals surface area contributed by atoms with E-state index in [0.717, 1.165) is 51.4 Å². The molecule has 0 spiro atoms. The Morgan fingerprint density at radius 1 is 1.30 bits per heavy atom. The molecule has 2 atom stereocenters. The zero-order valence-electron chi connectivity index (χ0n) is 13.4. The average Bonchev–Trinajstić information content (AvgIpc) is 2.97. The first-order valence-corrected chi connectivity index (χ1v) is 9.06. The summed E-state index contributed by atoms with van der Waals surface area (Å²) in [5.41, 5.74) is -0.377. The number of hydrogen-bond donors (Lipinski definition) is 1. The highest BCUT2D eigenvalue weighted by atomic mass is 35.5. The lowest BCUT2D eigenvalue weighted by Crippen LogP contribution is -2.70. The number of piperidine rings is 1. The SMILES string of the molecule is Cc1nnc([C@]23CCC[C@H](C2)N3C(=O)NC2CCC(Cl)CC2)o1. The maximum absolute atomic E-state index is 12.9. The van der Waals surface area contributed by atoms with Crippen LogP contribution in [0.25, 0.3) is 0 Å². The lowest BCUT2D eigenvalue weighted by Gasteiger charge is -2.59. The fourth-order valence-electron chi connectivity index (χ4n) is 4.48. The third-order valence-electron chi connectivity index (χ3n) is 5.65. The molecule has 2 aliphatic carbocycles. The summed E-state index contributed by atoms with van der Waals surface area (Å²) in [5, 5.41) is 11.6. The summed E-state index contributed by atoms with van der Waals surface area (Å²) in [5.74, 6) is 1.16. The zero-order chi connectivity index (χ0) is 16.0. The Morgan fingerprint density at radius 2 is 2.09 bits per heavy atom. The van der Waals surface area contributed by atoms with Crippen LogP contribution in [0.4, 0.5) is 4.79 Å². The van der Waals surface area contributed by atoms with E-state index in [0.29, 0.717) is 17.8 Å². The molecular weight excluding hydrogens is 316 g/mol. The number of halogens is 1. The Labute approximate surface area is 140 Å². The van der Waals surface area contributed by atoms with Gasteiger partial charge in [0.15, 0.2) is 0 Å². The first-order chi connectivity index (χ1) is 11.1. The summed E-state index contributed by atoms with van der Waals surface area (Å²) in [7, 11) is 0. The number of urea groups is 1. The van der Waals surface area contributed by atoms with Crippen LogP contribution in [0.2, 0.25) is 0 Å². The van der Waals surface area contributed by atoms with Gasteiger partial charge in [0.2, 0.25) is 11.8 Å². The molecule has 2 bridgehead atoms. The average molecular weight is 339 g/mol. The van der Waals surface area contributed by atoms with E-state index in [-0.39, 0.29) is 23.0 Å². The Bertz CT molecular complexity index is 595. The first kappa shape index (κ1) is 15.2. The number of fused-ring (bicyclic) bond motifs is 2. The van der Waals surface area contributed by atoms with Gasteiger partial charge in [-0.15, -0.1) is 21.8 Å². The highest BCUT2D eigenvalue weighted by molar-refractivity contribution is 6.20. The lowest BCUT2D eigenvalue weighted by atomic mass is 9.68. The molecule has 1 N–H and O–H groups in total. The number of nitrogens with one attached hydrogen (secondary N) is 1. The van der Waals surface area contributed by atoms with Crippen molar-refractivity contribution in [3.63, 3.8) is 0 Å². The quantitative estimate of drug-likeness (QED) is 0.841. The van der Waals surface area contributed by atoms with E-state index in [9.17, 15) is 4.79 Å². The second-order valence-corrected chi connectivity index (χ2v) is 7.79. The number of amides is 2. The van der Waals surface area contributed by atoms with Crippen molar-refractivity contribution >= 4 is 17.6 Å². The number of carbonyl (C=O) groups is 1. The lowest BCUT2D eigenvalue weighted by molar-refractivity contribution is -0.0957. The van der Waals surface area contributed by atoms with Crippen molar-refractivity contribution in [2.45, 2.75) is 81.3 Å². The van der Waals surface area contributed by atoms with Gasteiger partial charge in [-0.2, -0.15) is 0 Å². The van der Waals surface area contributed by atoms with Gasteiger partial charge in [0.25, 0.3) is 0 Å². The second-order valence-electron chi connectivity index (χ2n) is 7.18. The molecule has 1 aromatic heterocycles. The van der Waals surface area contributed by atoms with Crippen LogP contribution in [0.15, 0.2) is 4.42 Å². The highest BCUT2D eigenvalue weighted by Gasteiger charge is 2.60. The third-order valence-corrected chi connectivity index (χ3v) is 6.09. The number of likely N-dealkylation sites (tertiary alicyclic amines) is 1. The van der Waals surface area contributed by atoms with Crippen LogP contribution in [0.3, 0.4) is 0 Å². The number of carbonyl (C=O) groups excluding carboxylic acids is 1. The molecule has 0 radical (unpaired) electrons. The molecule has 126 valence electrons. The van der Waals surface area contributed by atoms with Gasteiger partial charge in [-0.3, -0.25) is 0 Å². The monoisotopic (exact) mass is 338 g/mol. The summed E-state index contributed by atoms with van der Waals surface area (Å²) in [6.07, 6.45) is 7.90. The number of alkyl halides is 1. The second kappa shape index (κ2) is 5.65. The molecule has 1 aromatic rings. The maximum Gasteiger partial charge on any atom is 0.318 e. The molecule has 6 nitrogen and oxygen atoms in total. The predicted octanol–water partition coefficient (Wildman–Crippen LogP) is 3.09. The molecular formula is C16H23ClN4O2. The zero-order valence-corrected chi connectivity index (χ0v) is 14.2. The van der Waals surface area contributed by atoms with Crippen molar-refractivity contribution in [3.05, 3.63) is 11.8 Å². The van der Waals surface area contributed by atoms with E-state index >= 15 is 0 Å². The minimum atomic E-state index is -0.377. The van der Waals surface area contributed by atoms with Crippen LogP contribution >= 0.6 is 11.6 Å². The molecule has 0 unspecified atom stereocenters. The smallest absolute Gasteiger partial charge is 0.318 e. The topological polar surface area (TPSA) is 71.3 Å². The van der Waals surface area contributed by atoms with Gasteiger partial charge in [0.05, 0.1) is 0 Å². The van der Waals surface area contributed by atoms with Crippen LogP contribution in [0.5, 0.6) is 0 Å². The molecule has 7 heteroatoms. The molecule has 23 heavy (non-hydrogen) atoms. The highest BCUT2D eigenvalue weighted by Crippen LogP contribution is 2.53. The van der Waals surface area contributed by atoms with Crippen molar-refractivity contribution in [1.29, 1.82) is 0 Å². The number of aromatic nitrogens is 2. The first-order valence-electron chi connectivity index (χ1n) is 8.63. The van der Waals surface area contributed by atoms with Crippen LogP contribution in [0, 0.1) is 6.92 Å². The van der Waals surface area contributed by atoms with Crippen molar-refractivity contribution in [1.82, 2.24) is 20.4 Å². The fourth-order valence-corrected chi connectivity index (χ4v) is 4.74. The van der Waals surface area contributed by atoms with E-state index in [1.54, 1.807) is 6.92 Å². The van der Waals surface area contributed by atoms with Gasteiger partial charge in [0.1, 0.15) is 5.54 Å². The molecule has 3 aliphatic rings. The number of rotatable bonds is 2. The molecule has 3 fully saturated rings. The van der Waals surface area contributed by atoms with Gasteiger partial charge >= 0.3 is 6.03 Å². The molecule has 4 rings (SSSR count). The molecule has 1 saturated heterocycles. The number of hydrogen-bond acceptors (Lipinski definition) is 4. The summed E-state index contributed by atoms with van der Waals surface area (Å²) in [4.78, 5) is 14.8. The van der Waals surface area contributed by atoms with E-state index in [2.05, 4.69) is 15.5 Å². The van der Waals surface area contributed by atoms with E-state index in [4.69, 9.17) is 16.0 Å². The third kappa shape index (κ3) is 2.51. The minimum absolute atomic E-state index is 0.0230. The number of aryl methyl sites for hydroxylation is 1. The molecule has 2 saturated carbocycles. The normalized spacial score (nSPS) is 36.4. The Hall–Kier alpha value is -1.30. The molecule has 2 amide bonds. The van der Waals surface area contributed by atoms with Gasteiger partial charge in [-0.1, -0.05) is 0 Å². The van der Waals surface area contributed by atoms with E-state index in [1.807, 2.05) is 4.90 Å². The van der Waals surface area contributed by atoms with Crippen molar-refractivity contribution in [2.24, 2.45) is 0 Å². The van der Waals surface area contributed by atoms with Gasteiger partial charge in [-0.05, 0) is 44.9 Å². The van der Waals surface area contributed by atoms with E-state index in [1.165, 1.54) is 0 Å². The Morgan fingerprint density at radius 3 is 2.74 bits per heavy atom. The van der Waals surface area contributed by atoms with Gasteiger partial charge in [0, 0.05) is 30.8 Å². The van der Waals surface area contributed by atoms with Gasteiger partial charge < -0.3 is 14.6 Å². The van der Waals surface area contributed by atoms with Crippen LogP contribution in [0.1, 0.15) is 63.1 Å². The Balaban J connectivity index is 1.49. The Kier molecular flexibility index (Phi) is 3.75. The van der Waals surface area contributed by atoms with Gasteiger partial charge in [-0.25, -0.2) is 4.79 Å². The number of nitrogens with zero attached hydrogens (tertiary/aromatic N) is 3. The largest absolute Gasteiger partial charge is 0.423 e. The van der Waals surface area contributed by atoms with E-state index < -0.39 is 0 Å². The minimum Gasteiger partial charge on any atom is -0.423 e. The standard InChI is InChI=1S/C16H23ClN4O2/c1-10-19-20-14(23-10)16-8-2-3-13(9-16)21(16)15(22)18-12-6-4-11(17)5-7-12/h11-13H,2-9H2,1H3,(H,18,22)/t11?,12?,13-,16+/m1/s1. The summed E-state index contributed by atoms with van der Waals surface area (Å²) in [6, 6.07) is 0.565. The van der Waals surface area contributed by atoms with Crippen LogP contribution in [-0.2, 0) is 5.54 Å². The summed E-state index contributed by atoms with van der Waals surface area (Å²) >= 11 is 6.15. The fraction of sp³-hybridized carbons (Fsp3) is 0.812. The summed E-state index contributed by atoms with van der Waals surface area (Å²) < 4.78 is 5.69. The van der Waals surface area contributed by atoms with Crippen LogP contribution < -0.4 is 5.32 Å². The summed E-state index contributed by atoms with van der Waals surface area (Å²) in [6.45, 7) is 1.79. The molecule has 2 heterocycles.